The first-order valence-electron chi connectivity index (χ1n) is 6.63. The van der Waals surface area contributed by atoms with E-state index in [0.29, 0.717) is 12.8 Å². The minimum absolute atomic E-state index is 0. The fraction of sp³-hybridized carbons (Fsp3) is 0.500. The number of nitrogens with one attached hydrogen (secondary N) is 1. The van der Waals surface area contributed by atoms with E-state index in [4.69, 9.17) is 0 Å². The lowest BCUT2D eigenvalue weighted by atomic mass is 10.1. The molecule has 6 nitrogen and oxygen atoms in total. The van der Waals surface area contributed by atoms with Crippen LogP contribution in [0, 0.1) is 17.5 Å². The van der Waals surface area contributed by atoms with Crippen LogP contribution in [0.5, 0.6) is 0 Å². The lowest BCUT2D eigenvalue weighted by molar-refractivity contribution is 0.305. The second kappa shape index (κ2) is 7.56. The number of nitrogens with zero attached hydrogens (tertiary/aromatic N) is 1. The van der Waals surface area contributed by atoms with Crippen LogP contribution in [-0.4, -0.2) is 46.5 Å². The summed E-state index contributed by atoms with van der Waals surface area (Å²) in [6.45, 7) is 0.153. The molecule has 1 aromatic rings. The topological polar surface area (TPSA) is 83.6 Å². The van der Waals surface area contributed by atoms with E-state index in [9.17, 15) is 30.0 Å². The highest BCUT2D eigenvalue weighted by Gasteiger charge is 2.30. The summed E-state index contributed by atoms with van der Waals surface area (Å²) in [7, 11) is -7.94. The van der Waals surface area contributed by atoms with Crippen LogP contribution in [0.25, 0.3) is 0 Å². The molecule has 1 fully saturated rings. The van der Waals surface area contributed by atoms with Crippen LogP contribution in [0.4, 0.5) is 13.2 Å². The van der Waals surface area contributed by atoms with E-state index in [-0.39, 0.29) is 37.6 Å². The third kappa shape index (κ3) is 4.82. The van der Waals surface area contributed by atoms with Crippen LogP contribution < -0.4 is 4.72 Å². The molecular weight excluding hydrogens is 393 g/mol. The predicted molar refractivity (Wildman–Crippen MR) is 83.3 cm³/mol. The molecule has 0 spiro atoms. The molecule has 1 aliphatic rings. The SMILES string of the molecule is CS(=O)(=O)N1CCCC(NS(=O)(=O)c2cc(F)c(F)cc2F)C1.Cl. The van der Waals surface area contributed by atoms with Crippen molar-refractivity contribution >= 4 is 32.5 Å². The highest BCUT2D eigenvalue weighted by molar-refractivity contribution is 7.89. The van der Waals surface area contributed by atoms with Crippen LogP contribution >= 0.6 is 12.4 Å². The summed E-state index contributed by atoms with van der Waals surface area (Å²) in [6.07, 6.45) is 1.76. The third-order valence-corrected chi connectivity index (χ3v) is 6.24. The number of benzene rings is 1. The molecular formula is C12H16ClF3N2O4S2. The van der Waals surface area contributed by atoms with Gasteiger partial charge in [0.05, 0.1) is 6.26 Å². The lowest BCUT2D eigenvalue weighted by Crippen LogP contribution is -2.49. The van der Waals surface area contributed by atoms with Gasteiger partial charge >= 0.3 is 0 Å². The molecule has 1 N–H and O–H groups in total. The van der Waals surface area contributed by atoms with Gasteiger partial charge in [0.25, 0.3) is 0 Å². The van der Waals surface area contributed by atoms with Crippen molar-refractivity contribution in [3.8, 4) is 0 Å². The molecule has 12 heteroatoms. The Balaban J connectivity index is 0.00000288. The summed E-state index contributed by atoms with van der Waals surface area (Å²) in [5, 5.41) is 0. The third-order valence-electron chi connectivity index (χ3n) is 3.44. The van der Waals surface area contributed by atoms with Crippen molar-refractivity contribution in [3.63, 3.8) is 0 Å². The highest BCUT2D eigenvalue weighted by Crippen LogP contribution is 2.20. The van der Waals surface area contributed by atoms with E-state index in [1.54, 1.807) is 0 Å². The van der Waals surface area contributed by atoms with Gasteiger partial charge in [-0.25, -0.2) is 39.0 Å². The van der Waals surface area contributed by atoms with Crippen LogP contribution in [0.2, 0.25) is 0 Å². The smallest absolute Gasteiger partial charge is 0.213 e. The zero-order chi connectivity index (χ0) is 17.4. The Morgan fingerprint density at radius 3 is 2.25 bits per heavy atom. The van der Waals surface area contributed by atoms with Crippen LogP contribution in [0.3, 0.4) is 0 Å². The molecule has 0 aromatic heterocycles. The fourth-order valence-corrected chi connectivity index (χ4v) is 4.58. The molecule has 0 bridgehead atoms. The highest BCUT2D eigenvalue weighted by atomic mass is 35.5. The second-order valence-corrected chi connectivity index (χ2v) is 8.94. The molecule has 0 amide bonds. The first-order chi connectivity index (χ1) is 10.5. The summed E-state index contributed by atoms with van der Waals surface area (Å²) in [4.78, 5) is -1.02. The first-order valence-corrected chi connectivity index (χ1v) is 9.96. The maximum atomic E-state index is 13.6. The maximum Gasteiger partial charge on any atom is 0.243 e. The van der Waals surface area contributed by atoms with Gasteiger partial charge in [0.2, 0.25) is 20.0 Å². The van der Waals surface area contributed by atoms with E-state index in [1.165, 1.54) is 0 Å². The van der Waals surface area contributed by atoms with Crippen molar-refractivity contribution in [3.05, 3.63) is 29.6 Å². The second-order valence-electron chi connectivity index (χ2n) is 5.28. The van der Waals surface area contributed by atoms with Crippen LogP contribution in [0.15, 0.2) is 17.0 Å². The quantitative estimate of drug-likeness (QED) is 0.759. The van der Waals surface area contributed by atoms with E-state index < -0.39 is 48.4 Å². The van der Waals surface area contributed by atoms with Crippen molar-refractivity contribution < 1.29 is 30.0 Å². The Kier molecular flexibility index (Phi) is 6.67. The maximum absolute atomic E-state index is 13.6. The normalized spacial score (nSPS) is 19.8. The summed E-state index contributed by atoms with van der Waals surface area (Å²) >= 11 is 0. The molecule has 1 aliphatic heterocycles. The summed E-state index contributed by atoms with van der Waals surface area (Å²) in [6, 6.07) is -0.381. The van der Waals surface area contributed by atoms with Crippen molar-refractivity contribution in [1.82, 2.24) is 9.03 Å². The Labute approximate surface area is 144 Å². The molecule has 0 aliphatic carbocycles. The largest absolute Gasteiger partial charge is 0.243 e. The molecule has 2 rings (SSSR count). The van der Waals surface area contributed by atoms with E-state index in [2.05, 4.69) is 4.72 Å². The summed E-state index contributed by atoms with van der Waals surface area (Å²) in [5.41, 5.74) is 0. The predicted octanol–water partition coefficient (Wildman–Crippen LogP) is 1.23. The number of piperidine rings is 1. The van der Waals surface area contributed by atoms with Gasteiger partial charge in [0.1, 0.15) is 10.7 Å². The van der Waals surface area contributed by atoms with Crippen LogP contribution in [0.1, 0.15) is 12.8 Å². The Bertz CT molecular complexity index is 818. The number of sulfonamides is 2. The van der Waals surface area contributed by atoms with E-state index >= 15 is 0 Å². The van der Waals surface area contributed by atoms with Crippen molar-refractivity contribution in [2.75, 3.05) is 19.3 Å². The molecule has 0 saturated carbocycles. The molecule has 0 radical (unpaired) electrons. The number of hydrogen-bond acceptors (Lipinski definition) is 4. The van der Waals surface area contributed by atoms with Gasteiger partial charge in [-0.15, -0.1) is 12.4 Å². The van der Waals surface area contributed by atoms with Gasteiger partial charge in [-0.05, 0) is 18.9 Å². The average molecular weight is 409 g/mol. The fourth-order valence-electron chi connectivity index (χ4n) is 2.33. The van der Waals surface area contributed by atoms with Gasteiger partial charge in [-0.2, -0.15) is 0 Å². The van der Waals surface area contributed by atoms with Gasteiger partial charge in [0, 0.05) is 25.2 Å². The Hall–Kier alpha value is -0.880. The van der Waals surface area contributed by atoms with Crippen molar-refractivity contribution in [2.24, 2.45) is 0 Å². The molecule has 1 aromatic carbocycles. The number of hydrogen-bond donors (Lipinski definition) is 1. The van der Waals surface area contributed by atoms with E-state index in [1.807, 2.05) is 0 Å². The lowest BCUT2D eigenvalue weighted by Gasteiger charge is -2.31. The van der Waals surface area contributed by atoms with Crippen LogP contribution in [-0.2, 0) is 20.0 Å². The van der Waals surface area contributed by atoms with Crippen molar-refractivity contribution in [1.29, 1.82) is 0 Å². The minimum Gasteiger partial charge on any atom is -0.213 e. The number of rotatable bonds is 4. The first kappa shape index (κ1) is 21.2. The van der Waals surface area contributed by atoms with E-state index in [0.717, 1.165) is 10.6 Å². The summed E-state index contributed by atoms with van der Waals surface area (Å²) in [5.74, 6) is -4.41. The number of halogens is 4. The molecule has 1 atom stereocenters. The molecule has 138 valence electrons. The Morgan fingerprint density at radius 1 is 1.08 bits per heavy atom. The standard InChI is InChI=1S/C12H15F3N2O4S2.ClH/c1-22(18,19)17-4-2-3-8(7-17)16-23(20,21)12-6-10(14)9(13)5-11(12)15;/h5-6,8,16H,2-4,7H2,1H3;1H. The Morgan fingerprint density at radius 2 is 1.67 bits per heavy atom. The molecule has 1 saturated heterocycles. The van der Waals surface area contributed by atoms with Gasteiger partial charge < -0.3 is 0 Å². The van der Waals surface area contributed by atoms with Gasteiger partial charge in [-0.1, -0.05) is 0 Å². The molecule has 1 heterocycles. The molecule has 24 heavy (non-hydrogen) atoms. The summed E-state index contributed by atoms with van der Waals surface area (Å²) < 4.78 is 90.2. The monoisotopic (exact) mass is 408 g/mol. The average Bonchev–Trinajstić information content (AvgIpc) is 2.41. The van der Waals surface area contributed by atoms with Gasteiger partial charge in [-0.3, -0.25) is 0 Å². The zero-order valence-corrected chi connectivity index (χ0v) is 14.9. The molecule has 1 unspecified atom stereocenters. The zero-order valence-electron chi connectivity index (χ0n) is 12.5. The van der Waals surface area contributed by atoms with Gasteiger partial charge in [0.15, 0.2) is 11.6 Å². The minimum atomic E-state index is -4.45. The van der Waals surface area contributed by atoms with Crippen molar-refractivity contribution in [2.45, 2.75) is 23.8 Å².